The highest BCUT2D eigenvalue weighted by Gasteiger charge is 2.58. The highest BCUT2D eigenvalue weighted by atomic mass is 16.5. The number of fused-ring (bicyclic) bond motifs is 3. The summed E-state index contributed by atoms with van der Waals surface area (Å²) in [5, 5.41) is 0. The van der Waals surface area contributed by atoms with Gasteiger partial charge >= 0.3 is 0 Å². The average Bonchev–Trinajstić information content (AvgIpc) is 3.11. The molecule has 1 heterocycles. The topological polar surface area (TPSA) is 55.6 Å². The Balaban J connectivity index is 1.49. The van der Waals surface area contributed by atoms with Crippen LogP contribution in [-0.4, -0.2) is 43.2 Å². The molecule has 21 heavy (non-hydrogen) atoms. The third-order valence-electron chi connectivity index (χ3n) is 6.95. The van der Waals surface area contributed by atoms with E-state index in [2.05, 4.69) is 0 Å². The third kappa shape index (κ3) is 2.14. The molecule has 0 aromatic carbocycles. The molecule has 0 aromatic heterocycles. The van der Waals surface area contributed by atoms with Gasteiger partial charge in [0.25, 0.3) is 0 Å². The number of hydrogen-bond acceptors (Lipinski definition) is 3. The van der Waals surface area contributed by atoms with Crippen LogP contribution in [0.4, 0.5) is 0 Å². The monoisotopic (exact) mass is 292 g/mol. The normalized spacial score (nSPS) is 46.2. The number of amides is 1. The second kappa shape index (κ2) is 5.24. The van der Waals surface area contributed by atoms with Crippen molar-refractivity contribution in [3.05, 3.63) is 0 Å². The zero-order valence-corrected chi connectivity index (χ0v) is 12.9. The first-order valence-electron chi connectivity index (χ1n) is 8.83. The Morgan fingerprint density at radius 1 is 1.19 bits per heavy atom. The van der Waals surface area contributed by atoms with E-state index in [4.69, 9.17) is 10.5 Å². The Bertz CT molecular complexity index is 417. The van der Waals surface area contributed by atoms with Crippen LogP contribution in [0.15, 0.2) is 0 Å². The van der Waals surface area contributed by atoms with E-state index in [0.29, 0.717) is 30.6 Å². The summed E-state index contributed by atoms with van der Waals surface area (Å²) in [6.45, 7) is 2.96. The Hall–Kier alpha value is -0.610. The van der Waals surface area contributed by atoms with Gasteiger partial charge in [-0.05, 0) is 55.8 Å². The van der Waals surface area contributed by atoms with Gasteiger partial charge in [-0.3, -0.25) is 4.79 Å². The van der Waals surface area contributed by atoms with Gasteiger partial charge in [0, 0.05) is 25.0 Å². The smallest absolute Gasteiger partial charge is 0.225 e. The molecule has 4 heteroatoms. The van der Waals surface area contributed by atoms with Crippen LogP contribution in [0.5, 0.6) is 0 Å². The number of rotatable bonds is 1. The van der Waals surface area contributed by atoms with Gasteiger partial charge in [-0.25, -0.2) is 0 Å². The van der Waals surface area contributed by atoms with Crippen molar-refractivity contribution in [3.63, 3.8) is 0 Å². The van der Waals surface area contributed by atoms with Gasteiger partial charge in [-0.2, -0.15) is 0 Å². The molecule has 0 aromatic rings. The first kappa shape index (κ1) is 14.0. The minimum Gasteiger partial charge on any atom is -0.378 e. The summed E-state index contributed by atoms with van der Waals surface area (Å²) in [6.07, 6.45) is 8.61. The largest absolute Gasteiger partial charge is 0.378 e. The molecule has 1 saturated heterocycles. The third-order valence-corrected chi connectivity index (χ3v) is 6.95. The number of carbonyl (C=O) groups excluding carboxylic acids is 1. The lowest BCUT2D eigenvalue weighted by molar-refractivity contribution is -0.143. The quantitative estimate of drug-likeness (QED) is 0.801. The fraction of sp³-hybridized carbons (Fsp3) is 0.941. The molecule has 118 valence electrons. The Labute approximate surface area is 127 Å². The Kier molecular flexibility index (Phi) is 3.49. The van der Waals surface area contributed by atoms with Gasteiger partial charge < -0.3 is 15.4 Å². The van der Waals surface area contributed by atoms with Gasteiger partial charge in [-0.1, -0.05) is 6.42 Å². The minimum absolute atomic E-state index is 0.224. The lowest BCUT2D eigenvalue weighted by Gasteiger charge is -2.48. The summed E-state index contributed by atoms with van der Waals surface area (Å²) < 4.78 is 5.37. The van der Waals surface area contributed by atoms with Crippen LogP contribution >= 0.6 is 0 Å². The molecular formula is C17H28N2O2. The zero-order chi connectivity index (χ0) is 14.4. The first-order chi connectivity index (χ1) is 10.2. The van der Waals surface area contributed by atoms with Crippen molar-refractivity contribution in [1.82, 2.24) is 4.90 Å². The molecule has 1 amide bonds. The fourth-order valence-corrected chi connectivity index (χ4v) is 5.87. The van der Waals surface area contributed by atoms with E-state index >= 15 is 0 Å². The number of nitrogens with zero attached hydrogens (tertiary/aromatic N) is 1. The predicted molar refractivity (Wildman–Crippen MR) is 80.6 cm³/mol. The second-order valence-corrected chi connectivity index (χ2v) is 7.76. The standard InChI is InChI=1S/C17H28N2O2/c18-15-12-3-4-14(10-12)17(15)5-1-2-13(11-17)16(20)19-6-8-21-9-7-19/h12-15H,1-11,18H2/t12?,13-,14?,15+,17+/m0/s1. The van der Waals surface area contributed by atoms with Crippen molar-refractivity contribution < 1.29 is 9.53 Å². The second-order valence-electron chi connectivity index (χ2n) is 7.76. The van der Waals surface area contributed by atoms with Crippen LogP contribution < -0.4 is 5.73 Å². The van der Waals surface area contributed by atoms with E-state index < -0.39 is 0 Å². The number of carbonyl (C=O) groups is 1. The van der Waals surface area contributed by atoms with Crippen molar-refractivity contribution in [2.45, 2.75) is 51.0 Å². The average molecular weight is 292 g/mol. The van der Waals surface area contributed by atoms with Gasteiger partial charge in [0.15, 0.2) is 0 Å². The molecule has 4 fully saturated rings. The van der Waals surface area contributed by atoms with Crippen molar-refractivity contribution in [2.75, 3.05) is 26.3 Å². The number of ether oxygens (including phenoxy) is 1. The van der Waals surface area contributed by atoms with Gasteiger partial charge in [0.05, 0.1) is 13.2 Å². The van der Waals surface area contributed by atoms with Gasteiger partial charge in [0.2, 0.25) is 5.91 Å². The van der Waals surface area contributed by atoms with E-state index in [1.54, 1.807) is 0 Å². The first-order valence-corrected chi connectivity index (χ1v) is 8.83. The van der Waals surface area contributed by atoms with Crippen molar-refractivity contribution in [1.29, 1.82) is 0 Å². The molecule has 0 radical (unpaired) electrons. The van der Waals surface area contributed by atoms with Crippen LogP contribution in [0.1, 0.15) is 44.9 Å². The molecule has 2 N–H and O–H groups in total. The predicted octanol–water partition coefficient (Wildman–Crippen LogP) is 1.78. The summed E-state index contributed by atoms with van der Waals surface area (Å²) in [6, 6.07) is 0.358. The Morgan fingerprint density at radius 3 is 2.71 bits per heavy atom. The van der Waals surface area contributed by atoms with E-state index in [9.17, 15) is 4.79 Å². The highest BCUT2D eigenvalue weighted by molar-refractivity contribution is 5.79. The summed E-state index contributed by atoms with van der Waals surface area (Å²) in [4.78, 5) is 14.9. The summed E-state index contributed by atoms with van der Waals surface area (Å²) in [7, 11) is 0. The highest BCUT2D eigenvalue weighted by Crippen LogP contribution is 2.61. The number of morpholine rings is 1. The maximum absolute atomic E-state index is 12.8. The van der Waals surface area contributed by atoms with Crippen LogP contribution in [0, 0.1) is 23.2 Å². The van der Waals surface area contributed by atoms with Crippen LogP contribution in [0.2, 0.25) is 0 Å². The summed E-state index contributed by atoms with van der Waals surface area (Å²) in [5.74, 6) is 2.15. The molecule has 4 aliphatic rings. The van der Waals surface area contributed by atoms with E-state index in [1.165, 1.54) is 32.1 Å². The number of hydrogen-bond donors (Lipinski definition) is 1. The minimum atomic E-state index is 0.224. The van der Waals surface area contributed by atoms with Crippen LogP contribution in [0.3, 0.4) is 0 Å². The summed E-state index contributed by atoms with van der Waals surface area (Å²) >= 11 is 0. The van der Waals surface area contributed by atoms with Gasteiger partial charge in [0.1, 0.15) is 0 Å². The van der Waals surface area contributed by atoms with E-state index in [1.807, 2.05) is 4.90 Å². The van der Waals surface area contributed by atoms with Crippen LogP contribution in [0.25, 0.3) is 0 Å². The lowest BCUT2D eigenvalue weighted by atomic mass is 9.59. The molecule has 1 aliphatic heterocycles. The van der Waals surface area contributed by atoms with Crippen molar-refractivity contribution >= 4 is 5.91 Å². The molecule has 3 aliphatic carbocycles. The van der Waals surface area contributed by atoms with Crippen molar-refractivity contribution in [3.8, 4) is 0 Å². The molecule has 4 nitrogen and oxygen atoms in total. The fourth-order valence-electron chi connectivity index (χ4n) is 5.87. The molecule has 2 bridgehead atoms. The SMILES string of the molecule is N[C@@H]1C2CCC(C2)[C@]12CCC[C@H](C(=O)N1CCOCC1)C2. The molecule has 4 rings (SSSR count). The number of nitrogens with two attached hydrogens (primary N) is 1. The Morgan fingerprint density at radius 2 is 2.00 bits per heavy atom. The molecule has 2 unspecified atom stereocenters. The zero-order valence-electron chi connectivity index (χ0n) is 12.9. The summed E-state index contributed by atoms with van der Waals surface area (Å²) in [5.41, 5.74) is 6.92. The van der Waals surface area contributed by atoms with Crippen molar-refractivity contribution in [2.24, 2.45) is 28.9 Å². The van der Waals surface area contributed by atoms with Crippen LogP contribution in [-0.2, 0) is 9.53 Å². The van der Waals surface area contributed by atoms with Gasteiger partial charge in [-0.15, -0.1) is 0 Å². The van der Waals surface area contributed by atoms with E-state index in [-0.39, 0.29) is 5.92 Å². The molecule has 3 saturated carbocycles. The molecular weight excluding hydrogens is 264 g/mol. The van der Waals surface area contributed by atoms with E-state index in [0.717, 1.165) is 37.8 Å². The maximum Gasteiger partial charge on any atom is 0.225 e. The molecule has 1 spiro atoms. The lowest BCUT2D eigenvalue weighted by Crippen LogP contribution is -2.52. The maximum atomic E-state index is 12.8. The molecule has 5 atom stereocenters.